The molecule has 3 nitrogen and oxygen atoms in total. The molecule has 0 saturated carbocycles. The van der Waals surface area contributed by atoms with Gasteiger partial charge in [0.2, 0.25) is 0 Å². The number of nitrogens with zero attached hydrogens (tertiary/aromatic N) is 1. The lowest BCUT2D eigenvalue weighted by Gasteiger charge is -2.10. The van der Waals surface area contributed by atoms with Crippen LogP contribution in [0.25, 0.3) is 0 Å². The summed E-state index contributed by atoms with van der Waals surface area (Å²) in [5, 5.41) is 0.322. The fraction of sp³-hybridized carbons (Fsp3) is 0.400. The van der Waals surface area contributed by atoms with E-state index in [4.69, 9.17) is 0 Å². The molecular weight excluding hydrogens is 364 g/mol. The first-order chi connectivity index (χ1) is 7.99. The Balaban J connectivity index is 3.15. The number of hydrogen-bond acceptors (Lipinski definition) is 3. The van der Waals surface area contributed by atoms with Gasteiger partial charge in [-0.2, -0.15) is 0 Å². The van der Waals surface area contributed by atoms with Crippen LogP contribution in [-0.4, -0.2) is 18.1 Å². The van der Waals surface area contributed by atoms with E-state index >= 15 is 0 Å². The molecule has 17 heavy (non-hydrogen) atoms. The highest BCUT2D eigenvalue weighted by Crippen LogP contribution is 2.31. The maximum atomic E-state index is 12.8. The average molecular weight is 373 g/mol. The molecule has 1 aromatic heterocycles. The number of pyridine rings is 1. The van der Waals surface area contributed by atoms with Gasteiger partial charge in [0.05, 0.1) is 24.9 Å². The lowest BCUT2D eigenvalue weighted by atomic mass is 10.1. The van der Waals surface area contributed by atoms with Gasteiger partial charge in [-0.05, 0) is 22.0 Å². The Kier molecular flexibility index (Phi) is 5.45. The molecule has 0 aliphatic carbocycles. The minimum absolute atomic E-state index is 0.122. The molecule has 7 heteroatoms. The molecule has 0 saturated heterocycles. The molecule has 0 aliphatic rings. The molecule has 0 atom stereocenters. The van der Waals surface area contributed by atoms with E-state index in [2.05, 4.69) is 41.6 Å². The summed E-state index contributed by atoms with van der Waals surface area (Å²) >= 11 is 6.23. The van der Waals surface area contributed by atoms with Crippen molar-refractivity contribution in [1.29, 1.82) is 0 Å². The third-order valence-electron chi connectivity index (χ3n) is 2.02. The van der Waals surface area contributed by atoms with E-state index in [1.165, 1.54) is 13.2 Å². The predicted molar refractivity (Wildman–Crippen MR) is 65.2 cm³/mol. The molecule has 1 rings (SSSR count). The highest BCUT2D eigenvalue weighted by molar-refractivity contribution is 9.10. The van der Waals surface area contributed by atoms with Gasteiger partial charge in [0.1, 0.15) is 0 Å². The lowest BCUT2D eigenvalue weighted by molar-refractivity contribution is -0.139. The molecule has 94 valence electrons. The summed E-state index contributed by atoms with van der Waals surface area (Å²) in [6, 6.07) is 1.21. The zero-order chi connectivity index (χ0) is 13.0. The highest BCUT2D eigenvalue weighted by atomic mass is 79.9. The lowest BCUT2D eigenvalue weighted by Crippen LogP contribution is -2.08. The second kappa shape index (κ2) is 6.39. The van der Waals surface area contributed by atoms with Gasteiger partial charge in [0.15, 0.2) is 0 Å². The molecule has 1 aromatic rings. The maximum absolute atomic E-state index is 12.8. The number of aromatic nitrogens is 1. The fourth-order valence-electron chi connectivity index (χ4n) is 1.22. The summed E-state index contributed by atoms with van der Waals surface area (Å²) in [7, 11) is 1.24. The van der Waals surface area contributed by atoms with Gasteiger partial charge < -0.3 is 4.74 Å². The second-order valence-electron chi connectivity index (χ2n) is 3.15. The van der Waals surface area contributed by atoms with Gasteiger partial charge in [-0.15, -0.1) is 0 Å². The number of carbonyl (C=O) groups excluding carboxylic acids is 1. The number of esters is 1. The van der Waals surface area contributed by atoms with E-state index in [0.29, 0.717) is 11.0 Å². The van der Waals surface area contributed by atoms with Crippen molar-refractivity contribution in [1.82, 2.24) is 4.98 Å². The molecule has 0 unspecified atom stereocenters. The normalized spacial score (nSPS) is 10.7. The van der Waals surface area contributed by atoms with Crippen LogP contribution in [0.15, 0.2) is 10.5 Å². The first-order valence-electron chi connectivity index (χ1n) is 4.58. The van der Waals surface area contributed by atoms with Crippen LogP contribution in [0.4, 0.5) is 8.78 Å². The molecule has 0 amide bonds. The van der Waals surface area contributed by atoms with E-state index in [1.54, 1.807) is 0 Å². The molecule has 0 aromatic carbocycles. The van der Waals surface area contributed by atoms with Crippen molar-refractivity contribution < 1.29 is 18.3 Å². The molecule has 0 N–H and O–H groups in total. The van der Waals surface area contributed by atoms with Crippen molar-refractivity contribution in [3.63, 3.8) is 0 Å². The van der Waals surface area contributed by atoms with Crippen LogP contribution in [0, 0.1) is 0 Å². The summed E-state index contributed by atoms with van der Waals surface area (Å²) in [5.74, 6) is -0.513. The van der Waals surface area contributed by atoms with Crippen LogP contribution in [0.3, 0.4) is 0 Å². The minimum atomic E-state index is -2.62. The van der Waals surface area contributed by atoms with E-state index in [9.17, 15) is 13.6 Å². The summed E-state index contributed by atoms with van der Waals surface area (Å²) in [6.07, 6.45) is -2.75. The second-order valence-corrected chi connectivity index (χ2v) is 4.50. The Morgan fingerprint density at radius 2 is 2.24 bits per heavy atom. The Morgan fingerprint density at radius 3 is 2.71 bits per heavy atom. The van der Waals surface area contributed by atoms with E-state index in [1.807, 2.05) is 0 Å². The monoisotopic (exact) mass is 371 g/mol. The van der Waals surface area contributed by atoms with Crippen LogP contribution in [-0.2, 0) is 21.3 Å². The van der Waals surface area contributed by atoms with Crippen LogP contribution >= 0.6 is 31.9 Å². The number of methoxy groups -OCH3 is 1. The van der Waals surface area contributed by atoms with Crippen molar-refractivity contribution in [2.45, 2.75) is 18.2 Å². The summed E-state index contributed by atoms with van der Waals surface area (Å²) < 4.78 is 30.2. The SMILES string of the molecule is COC(=O)Cc1cc(C(F)F)c(Br)c(CBr)n1. The number of rotatable bonds is 4. The summed E-state index contributed by atoms with van der Waals surface area (Å²) in [4.78, 5) is 15.2. The quantitative estimate of drug-likeness (QED) is 0.600. The molecule has 0 bridgehead atoms. The Bertz CT molecular complexity index is 427. The van der Waals surface area contributed by atoms with Gasteiger partial charge >= 0.3 is 5.97 Å². The minimum Gasteiger partial charge on any atom is -0.469 e. The fourth-order valence-corrected chi connectivity index (χ4v) is 2.52. The van der Waals surface area contributed by atoms with Gasteiger partial charge in [-0.1, -0.05) is 15.9 Å². The van der Waals surface area contributed by atoms with Crippen LogP contribution in [0.2, 0.25) is 0 Å². The topological polar surface area (TPSA) is 39.2 Å². The Hall–Kier alpha value is -0.560. The largest absolute Gasteiger partial charge is 0.469 e. The Morgan fingerprint density at radius 1 is 1.59 bits per heavy atom. The number of carbonyl (C=O) groups is 1. The number of ether oxygens (including phenoxy) is 1. The van der Waals surface area contributed by atoms with Crippen LogP contribution < -0.4 is 0 Å². The smallest absolute Gasteiger partial charge is 0.311 e. The van der Waals surface area contributed by atoms with Crippen LogP contribution in [0.1, 0.15) is 23.4 Å². The molecular formula is C10H9Br2F2NO2. The molecule has 0 aliphatic heterocycles. The zero-order valence-electron chi connectivity index (χ0n) is 8.84. The summed E-state index contributed by atoms with van der Waals surface area (Å²) in [6.45, 7) is 0. The number of hydrogen-bond donors (Lipinski definition) is 0. The van der Waals surface area contributed by atoms with Crippen molar-refractivity contribution in [3.8, 4) is 0 Å². The van der Waals surface area contributed by atoms with E-state index in [-0.39, 0.29) is 22.2 Å². The van der Waals surface area contributed by atoms with Gasteiger partial charge in [0.25, 0.3) is 6.43 Å². The molecule has 1 heterocycles. The van der Waals surface area contributed by atoms with Crippen molar-refractivity contribution >= 4 is 37.8 Å². The van der Waals surface area contributed by atoms with Crippen molar-refractivity contribution in [2.75, 3.05) is 7.11 Å². The maximum Gasteiger partial charge on any atom is 0.311 e. The Labute approximate surface area is 114 Å². The number of alkyl halides is 3. The van der Waals surface area contributed by atoms with E-state index in [0.717, 1.165) is 0 Å². The highest BCUT2D eigenvalue weighted by Gasteiger charge is 2.18. The third kappa shape index (κ3) is 3.70. The average Bonchev–Trinajstić information content (AvgIpc) is 2.30. The molecule has 0 radical (unpaired) electrons. The van der Waals surface area contributed by atoms with Gasteiger partial charge in [-0.25, -0.2) is 8.78 Å². The van der Waals surface area contributed by atoms with Crippen molar-refractivity contribution in [3.05, 3.63) is 27.5 Å². The third-order valence-corrected chi connectivity index (χ3v) is 3.47. The first-order valence-corrected chi connectivity index (χ1v) is 6.50. The van der Waals surface area contributed by atoms with E-state index < -0.39 is 12.4 Å². The zero-order valence-corrected chi connectivity index (χ0v) is 12.0. The number of halogens is 4. The molecule has 0 fully saturated rings. The standard InChI is InChI=1S/C10H9Br2F2NO2/c1-17-8(16)3-5-2-6(10(13)14)9(12)7(4-11)15-5/h2,10H,3-4H2,1H3. The predicted octanol–water partition coefficient (Wildman–Crippen LogP) is 3.39. The van der Waals surface area contributed by atoms with Gasteiger partial charge in [-0.3, -0.25) is 9.78 Å². The van der Waals surface area contributed by atoms with Crippen molar-refractivity contribution in [2.24, 2.45) is 0 Å². The first kappa shape index (κ1) is 14.5. The van der Waals surface area contributed by atoms with Crippen LogP contribution in [0.5, 0.6) is 0 Å². The van der Waals surface area contributed by atoms with Gasteiger partial charge in [0, 0.05) is 15.4 Å². The summed E-state index contributed by atoms with van der Waals surface area (Å²) in [5.41, 5.74) is 0.528. The molecule has 0 spiro atoms.